The van der Waals surface area contributed by atoms with Crippen LogP contribution < -0.4 is 5.73 Å². The van der Waals surface area contributed by atoms with E-state index in [1.54, 1.807) is 0 Å². The number of hydrogen-bond donors (Lipinski definition) is 1. The van der Waals surface area contributed by atoms with E-state index in [0.717, 1.165) is 6.54 Å². The van der Waals surface area contributed by atoms with Crippen molar-refractivity contribution in [3.8, 4) is 0 Å². The summed E-state index contributed by atoms with van der Waals surface area (Å²) < 4.78 is 0. The molecule has 0 aliphatic carbocycles. The van der Waals surface area contributed by atoms with Crippen LogP contribution in [-0.2, 0) is 13.1 Å². The van der Waals surface area contributed by atoms with Gasteiger partial charge in [-0.3, -0.25) is 4.90 Å². The summed E-state index contributed by atoms with van der Waals surface area (Å²) in [4.78, 5) is 7.89. The molecule has 0 aromatic carbocycles. The summed E-state index contributed by atoms with van der Waals surface area (Å²) in [5, 5.41) is 0. The number of thiophene rings is 1. The van der Waals surface area contributed by atoms with Crippen LogP contribution in [0, 0.1) is 6.92 Å². The van der Waals surface area contributed by atoms with E-state index in [-0.39, 0.29) is 0 Å². The molecule has 0 bridgehead atoms. The highest BCUT2D eigenvalue weighted by atomic mass is 32.1. The summed E-state index contributed by atoms with van der Waals surface area (Å²) in [5.41, 5.74) is 7.18. The van der Waals surface area contributed by atoms with E-state index in [9.17, 15) is 0 Å². The predicted molar refractivity (Wildman–Crippen MR) is 79.0 cm³/mol. The van der Waals surface area contributed by atoms with Gasteiger partial charge in [-0.2, -0.15) is 0 Å². The Labute approximate surface area is 115 Å². The minimum absolute atomic E-state index is 0.676. The summed E-state index contributed by atoms with van der Waals surface area (Å²) in [5.74, 6) is 0. The average Bonchev–Trinajstić information content (AvgIpc) is 2.73. The average molecular weight is 267 g/mol. The van der Waals surface area contributed by atoms with Crippen molar-refractivity contribution >= 4 is 11.3 Å². The maximum absolute atomic E-state index is 5.71. The number of nitrogens with zero attached hydrogens (tertiary/aromatic N) is 2. The first-order chi connectivity index (χ1) is 8.72. The molecule has 0 spiro atoms. The molecule has 0 atom stereocenters. The van der Waals surface area contributed by atoms with Crippen LogP contribution in [0.5, 0.6) is 0 Å². The minimum Gasteiger partial charge on any atom is -0.326 e. The third kappa shape index (κ3) is 3.54. The molecule has 0 saturated carbocycles. The third-order valence-electron chi connectivity index (χ3n) is 3.67. The SMILES string of the molecule is CCCN1CCN(Cc2cc(CN)sc2C)CC1. The molecule has 0 unspecified atom stereocenters. The molecule has 3 nitrogen and oxygen atoms in total. The van der Waals surface area contributed by atoms with Gasteiger partial charge in [-0.1, -0.05) is 6.92 Å². The molecule has 0 radical (unpaired) electrons. The molecule has 1 aromatic rings. The minimum atomic E-state index is 0.676. The molecule has 2 rings (SSSR count). The van der Waals surface area contributed by atoms with Crippen LogP contribution in [0.2, 0.25) is 0 Å². The predicted octanol–water partition coefficient (Wildman–Crippen LogP) is 2.04. The van der Waals surface area contributed by atoms with Gasteiger partial charge in [-0.05, 0) is 31.5 Å². The normalized spacial score (nSPS) is 18.4. The molecular weight excluding hydrogens is 242 g/mol. The number of nitrogens with two attached hydrogens (primary N) is 1. The van der Waals surface area contributed by atoms with Gasteiger partial charge in [-0.25, -0.2) is 0 Å². The lowest BCUT2D eigenvalue weighted by Crippen LogP contribution is -2.45. The smallest absolute Gasteiger partial charge is 0.0274 e. The molecular formula is C14H25N3S. The largest absolute Gasteiger partial charge is 0.326 e. The molecule has 1 aromatic heterocycles. The zero-order valence-electron chi connectivity index (χ0n) is 11.6. The molecule has 2 heterocycles. The van der Waals surface area contributed by atoms with E-state index in [1.807, 2.05) is 11.3 Å². The Balaban J connectivity index is 1.85. The quantitative estimate of drug-likeness (QED) is 0.886. The van der Waals surface area contributed by atoms with Gasteiger partial charge in [0.25, 0.3) is 0 Å². The number of hydrogen-bond acceptors (Lipinski definition) is 4. The first kappa shape index (κ1) is 14.0. The van der Waals surface area contributed by atoms with Crippen molar-refractivity contribution < 1.29 is 0 Å². The number of aryl methyl sites for hydroxylation is 1. The second kappa shape index (κ2) is 6.66. The maximum Gasteiger partial charge on any atom is 0.0274 e. The van der Waals surface area contributed by atoms with Crippen LogP contribution in [0.1, 0.15) is 28.7 Å². The van der Waals surface area contributed by atoms with Gasteiger partial charge < -0.3 is 10.6 Å². The molecule has 2 N–H and O–H groups in total. The fourth-order valence-electron chi connectivity index (χ4n) is 2.57. The second-order valence-electron chi connectivity index (χ2n) is 5.12. The fraction of sp³-hybridized carbons (Fsp3) is 0.714. The molecule has 4 heteroatoms. The molecule has 18 heavy (non-hydrogen) atoms. The lowest BCUT2D eigenvalue weighted by molar-refractivity contribution is 0.127. The van der Waals surface area contributed by atoms with Gasteiger partial charge >= 0.3 is 0 Å². The highest BCUT2D eigenvalue weighted by Crippen LogP contribution is 2.23. The monoisotopic (exact) mass is 267 g/mol. The highest BCUT2D eigenvalue weighted by molar-refractivity contribution is 7.12. The van der Waals surface area contributed by atoms with Crippen molar-refractivity contribution in [1.82, 2.24) is 9.80 Å². The Hall–Kier alpha value is -0.420. The summed E-state index contributed by atoms with van der Waals surface area (Å²) in [7, 11) is 0. The lowest BCUT2D eigenvalue weighted by Gasteiger charge is -2.34. The van der Waals surface area contributed by atoms with Gasteiger partial charge in [0.15, 0.2) is 0 Å². The number of piperazine rings is 1. The third-order valence-corrected chi connectivity index (χ3v) is 4.79. The van der Waals surface area contributed by atoms with Crippen molar-refractivity contribution in [2.75, 3.05) is 32.7 Å². The Morgan fingerprint density at radius 2 is 1.89 bits per heavy atom. The first-order valence-electron chi connectivity index (χ1n) is 6.96. The Kier molecular flexibility index (Phi) is 5.18. The summed E-state index contributed by atoms with van der Waals surface area (Å²) in [6, 6.07) is 2.29. The van der Waals surface area contributed by atoms with Crippen molar-refractivity contribution in [2.24, 2.45) is 5.73 Å². The zero-order chi connectivity index (χ0) is 13.0. The van der Waals surface area contributed by atoms with Crippen LogP contribution in [0.25, 0.3) is 0 Å². The van der Waals surface area contributed by atoms with Gasteiger partial charge in [-0.15, -0.1) is 11.3 Å². The van der Waals surface area contributed by atoms with Gasteiger partial charge in [0.1, 0.15) is 0 Å². The second-order valence-corrected chi connectivity index (χ2v) is 6.46. The molecule has 0 amide bonds. The first-order valence-corrected chi connectivity index (χ1v) is 7.77. The van der Waals surface area contributed by atoms with Crippen LogP contribution >= 0.6 is 11.3 Å². The number of rotatable bonds is 5. The van der Waals surface area contributed by atoms with Crippen molar-refractivity contribution in [3.63, 3.8) is 0 Å². The Bertz CT molecular complexity index is 367. The topological polar surface area (TPSA) is 32.5 Å². The fourth-order valence-corrected chi connectivity index (χ4v) is 3.51. The summed E-state index contributed by atoms with van der Waals surface area (Å²) >= 11 is 1.85. The molecule has 1 aliphatic heterocycles. The lowest BCUT2D eigenvalue weighted by atomic mass is 10.2. The van der Waals surface area contributed by atoms with E-state index >= 15 is 0 Å². The van der Waals surface area contributed by atoms with E-state index in [2.05, 4.69) is 29.7 Å². The Morgan fingerprint density at radius 3 is 2.44 bits per heavy atom. The van der Waals surface area contributed by atoms with Crippen molar-refractivity contribution in [2.45, 2.75) is 33.4 Å². The van der Waals surface area contributed by atoms with Crippen molar-refractivity contribution in [3.05, 3.63) is 21.4 Å². The van der Waals surface area contributed by atoms with E-state index in [1.165, 1.54) is 54.5 Å². The van der Waals surface area contributed by atoms with Crippen LogP contribution in [0.3, 0.4) is 0 Å². The van der Waals surface area contributed by atoms with E-state index in [0.29, 0.717) is 6.54 Å². The van der Waals surface area contributed by atoms with Crippen LogP contribution in [0.4, 0.5) is 0 Å². The molecule has 1 fully saturated rings. The molecule has 1 aliphatic rings. The summed E-state index contributed by atoms with van der Waals surface area (Å²) in [6.45, 7) is 12.4. The summed E-state index contributed by atoms with van der Waals surface area (Å²) in [6.07, 6.45) is 1.27. The Morgan fingerprint density at radius 1 is 1.22 bits per heavy atom. The van der Waals surface area contributed by atoms with Crippen molar-refractivity contribution in [1.29, 1.82) is 0 Å². The highest BCUT2D eigenvalue weighted by Gasteiger charge is 2.17. The zero-order valence-corrected chi connectivity index (χ0v) is 12.4. The molecule has 1 saturated heterocycles. The van der Waals surface area contributed by atoms with Crippen LogP contribution in [0.15, 0.2) is 6.07 Å². The maximum atomic E-state index is 5.71. The van der Waals surface area contributed by atoms with Gasteiger partial charge in [0, 0.05) is 49.0 Å². The van der Waals surface area contributed by atoms with E-state index < -0.39 is 0 Å². The van der Waals surface area contributed by atoms with E-state index in [4.69, 9.17) is 5.73 Å². The molecule has 102 valence electrons. The van der Waals surface area contributed by atoms with Gasteiger partial charge in [0.2, 0.25) is 0 Å². The van der Waals surface area contributed by atoms with Crippen LogP contribution in [-0.4, -0.2) is 42.5 Å². The standard InChI is InChI=1S/C14H25N3S/c1-3-4-16-5-7-17(8-6-16)11-13-9-14(10-15)18-12(13)2/h9H,3-8,10-11,15H2,1-2H3. The van der Waals surface area contributed by atoms with Gasteiger partial charge in [0.05, 0.1) is 0 Å².